The summed E-state index contributed by atoms with van der Waals surface area (Å²) in [7, 11) is 0. The van der Waals surface area contributed by atoms with E-state index in [1.165, 1.54) is 0 Å². The van der Waals surface area contributed by atoms with E-state index < -0.39 is 5.97 Å². The molecule has 1 fully saturated rings. The number of aryl methyl sites for hydroxylation is 1. The second kappa shape index (κ2) is 5.82. The van der Waals surface area contributed by atoms with Gasteiger partial charge in [0.1, 0.15) is 5.82 Å². The molecule has 19 heavy (non-hydrogen) atoms. The second-order valence-corrected chi connectivity index (χ2v) is 5.10. The number of hydrogen-bond acceptors (Lipinski definition) is 3. The summed E-state index contributed by atoms with van der Waals surface area (Å²) in [6.45, 7) is 1.94. The number of hydrogen-bond donors (Lipinski definition) is 2. The van der Waals surface area contributed by atoms with Crippen molar-refractivity contribution >= 4 is 17.7 Å². The maximum atomic E-state index is 12.0. The van der Waals surface area contributed by atoms with Crippen LogP contribution in [0.3, 0.4) is 0 Å². The third-order valence-electron chi connectivity index (χ3n) is 3.61. The zero-order valence-corrected chi connectivity index (χ0v) is 10.9. The van der Waals surface area contributed by atoms with Crippen molar-refractivity contribution in [1.82, 2.24) is 4.98 Å². The fraction of sp³-hybridized carbons (Fsp3) is 0.500. The van der Waals surface area contributed by atoms with Gasteiger partial charge in [-0.1, -0.05) is 6.07 Å². The highest BCUT2D eigenvalue weighted by Gasteiger charge is 2.29. The van der Waals surface area contributed by atoms with E-state index in [1.54, 1.807) is 12.3 Å². The molecule has 1 heterocycles. The molecule has 0 atom stereocenters. The average Bonchev–Trinajstić information content (AvgIpc) is 2.41. The molecular formula is C14H18N2O3. The van der Waals surface area contributed by atoms with Crippen molar-refractivity contribution in [3.8, 4) is 0 Å². The van der Waals surface area contributed by atoms with Gasteiger partial charge in [0.2, 0.25) is 5.91 Å². The van der Waals surface area contributed by atoms with Crippen LogP contribution >= 0.6 is 0 Å². The summed E-state index contributed by atoms with van der Waals surface area (Å²) in [6.07, 6.45) is 4.13. The fourth-order valence-electron chi connectivity index (χ4n) is 2.37. The molecule has 5 heteroatoms. The van der Waals surface area contributed by atoms with Crippen molar-refractivity contribution in [2.75, 3.05) is 5.32 Å². The minimum Gasteiger partial charge on any atom is -0.481 e. The van der Waals surface area contributed by atoms with Crippen molar-refractivity contribution in [1.29, 1.82) is 0 Å². The molecular weight excluding hydrogens is 244 g/mol. The zero-order chi connectivity index (χ0) is 13.8. The van der Waals surface area contributed by atoms with E-state index in [2.05, 4.69) is 10.3 Å². The molecule has 2 N–H and O–H groups in total. The van der Waals surface area contributed by atoms with Gasteiger partial charge in [-0.2, -0.15) is 0 Å². The molecule has 1 aliphatic rings. The lowest BCUT2D eigenvalue weighted by Gasteiger charge is -2.25. The molecule has 1 saturated carbocycles. The number of carboxylic acids is 1. The number of nitrogens with zero attached hydrogens (tertiary/aromatic N) is 1. The Hall–Kier alpha value is -1.91. The average molecular weight is 262 g/mol. The number of anilines is 1. The smallest absolute Gasteiger partial charge is 0.306 e. The number of rotatable bonds is 3. The van der Waals surface area contributed by atoms with Crippen LogP contribution < -0.4 is 5.32 Å². The summed E-state index contributed by atoms with van der Waals surface area (Å²) >= 11 is 0. The lowest BCUT2D eigenvalue weighted by molar-refractivity contribution is -0.143. The summed E-state index contributed by atoms with van der Waals surface area (Å²) < 4.78 is 0. The Morgan fingerprint density at radius 3 is 2.37 bits per heavy atom. The van der Waals surface area contributed by atoms with E-state index in [0.29, 0.717) is 31.5 Å². The third kappa shape index (κ3) is 3.53. The van der Waals surface area contributed by atoms with E-state index in [1.807, 2.05) is 13.0 Å². The van der Waals surface area contributed by atoms with E-state index >= 15 is 0 Å². The predicted octanol–water partition coefficient (Wildman–Crippen LogP) is 2.22. The van der Waals surface area contributed by atoms with Gasteiger partial charge in [0.05, 0.1) is 5.92 Å². The summed E-state index contributed by atoms with van der Waals surface area (Å²) in [6, 6.07) is 3.67. The van der Waals surface area contributed by atoms with Gasteiger partial charge >= 0.3 is 5.97 Å². The summed E-state index contributed by atoms with van der Waals surface area (Å²) in [5, 5.41) is 11.7. The molecule has 0 bridgehead atoms. The standard InChI is InChI=1S/C14H18N2O3/c1-9-2-7-12(15-8-9)16-13(17)10-3-5-11(6-4-10)14(18)19/h2,7-8,10-11H,3-6H2,1H3,(H,18,19)(H,15,16,17). The lowest BCUT2D eigenvalue weighted by Crippen LogP contribution is -2.29. The van der Waals surface area contributed by atoms with Crippen molar-refractivity contribution in [2.45, 2.75) is 32.6 Å². The van der Waals surface area contributed by atoms with E-state index in [9.17, 15) is 9.59 Å². The molecule has 1 aromatic heterocycles. The van der Waals surface area contributed by atoms with Crippen LogP contribution in [0.5, 0.6) is 0 Å². The molecule has 102 valence electrons. The molecule has 0 radical (unpaired) electrons. The molecule has 0 spiro atoms. The number of carbonyl (C=O) groups excluding carboxylic acids is 1. The number of aromatic nitrogens is 1. The molecule has 0 aromatic carbocycles. The highest BCUT2D eigenvalue weighted by Crippen LogP contribution is 2.29. The second-order valence-electron chi connectivity index (χ2n) is 5.10. The van der Waals surface area contributed by atoms with Gasteiger partial charge in [-0.15, -0.1) is 0 Å². The maximum Gasteiger partial charge on any atom is 0.306 e. The van der Waals surface area contributed by atoms with Crippen LogP contribution in [0.25, 0.3) is 0 Å². The van der Waals surface area contributed by atoms with Crippen LogP contribution in [0.4, 0.5) is 5.82 Å². The largest absolute Gasteiger partial charge is 0.481 e. The van der Waals surface area contributed by atoms with Crippen LogP contribution in [0.15, 0.2) is 18.3 Å². The summed E-state index contributed by atoms with van der Waals surface area (Å²) in [4.78, 5) is 27.0. The van der Waals surface area contributed by atoms with Gasteiger partial charge in [-0.05, 0) is 44.2 Å². The zero-order valence-electron chi connectivity index (χ0n) is 10.9. The van der Waals surface area contributed by atoms with E-state index in [-0.39, 0.29) is 17.7 Å². The SMILES string of the molecule is Cc1ccc(NC(=O)C2CCC(C(=O)O)CC2)nc1. The first kappa shape index (κ1) is 13.5. The van der Waals surface area contributed by atoms with Crippen molar-refractivity contribution in [2.24, 2.45) is 11.8 Å². The first-order valence-electron chi connectivity index (χ1n) is 6.52. The van der Waals surface area contributed by atoms with Crippen molar-refractivity contribution < 1.29 is 14.7 Å². The Kier molecular flexibility index (Phi) is 4.14. The van der Waals surface area contributed by atoms with Crippen LogP contribution in [0, 0.1) is 18.8 Å². The first-order chi connectivity index (χ1) is 9.06. The van der Waals surface area contributed by atoms with E-state index in [4.69, 9.17) is 5.11 Å². The monoisotopic (exact) mass is 262 g/mol. The normalized spacial score (nSPS) is 22.8. The van der Waals surface area contributed by atoms with Gasteiger partial charge in [0, 0.05) is 12.1 Å². The Bertz CT molecular complexity index is 462. The van der Waals surface area contributed by atoms with Gasteiger partial charge in [-0.3, -0.25) is 9.59 Å². The number of aliphatic carboxylic acids is 1. The quantitative estimate of drug-likeness (QED) is 0.875. The van der Waals surface area contributed by atoms with Crippen LogP contribution in [0.1, 0.15) is 31.2 Å². The van der Waals surface area contributed by atoms with Crippen LogP contribution in [-0.4, -0.2) is 22.0 Å². The maximum absolute atomic E-state index is 12.0. The highest BCUT2D eigenvalue weighted by atomic mass is 16.4. The topological polar surface area (TPSA) is 79.3 Å². The number of carbonyl (C=O) groups is 2. The van der Waals surface area contributed by atoms with E-state index in [0.717, 1.165) is 5.56 Å². The Morgan fingerprint density at radius 2 is 1.84 bits per heavy atom. The highest BCUT2D eigenvalue weighted by molar-refractivity contribution is 5.91. The number of nitrogens with one attached hydrogen (secondary N) is 1. The van der Waals surface area contributed by atoms with Gasteiger partial charge in [0.25, 0.3) is 0 Å². The van der Waals surface area contributed by atoms with Gasteiger partial charge in [-0.25, -0.2) is 4.98 Å². The Labute approximate surface area is 112 Å². The molecule has 2 rings (SSSR count). The number of carboxylic acid groups (broad SMARTS) is 1. The minimum atomic E-state index is -0.751. The minimum absolute atomic E-state index is 0.0554. The summed E-state index contributed by atoms with van der Waals surface area (Å²) in [5.74, 6) is -0.643. The van der Waals surface area contributed by atoms with Crippen molar-refractivity contribution in [3.63, 3.8) is 0 Å². The van der Waals surface area contributed by atoms with Crippen LogP contribution in [0.2, 0.25) is 0 Å². The Morgan fingerprint density at radius 1 is 1.21 bits per heavy atom. The van der Waals surface area contributed by atoms with Gasteiger partial charge in [0.15, 0.2) is 0 Å². The molecule has 5 nitrogen and oxygen atoms in total. The molecule has 0 saturated heterocycles. The first-order valence-corrected chi connectivity index (χ1v) is 6.52. The van der Waals surface area contributed by atoms with Crippen molar-refractivity contribution in [3.05, 3.63) is 23.9 Å². The molecule has 0 aliphatic heterocycles. The molecule has 0 unspecified atom stereocenters. The Balaban J connectivity index is 1.88. The lowest BCUT2D eigenvalue weighted by atomic mass is 9.81. The van der Waals surface area contributed by atoms with Gasteiger partial charge < -0.3 is 10.4 Å². The fourth-order valence-corrected chi connectivity index (χ4v) is 2.37. The molecule has 1 amide bonds. The third-order valence-corrected chi connectivity index (χ3v) is 3.61. The number of pyridine rings is 1. The molecule has 1 aromatic rings. The number of amides is 1. The summed E-state index contributed by atoms with van der Waals surface area (Å²) in [5.41, 5.74) is 1.04. The molecule has 1 aliphatic carbocycles. The predicted molar refractivity (Wildman–Crippen MR) is 70.7 cm³/mol. The van der Waals surface area contributed by atoms with Crippen LogP contribution in [-0.2, 0) is 9.59 Å².